The molecule has 0 bridgehead atoms. The summed E-state index contributed by atoms with van der Waals surface area (Å²) in [4.78, 5) is 8.35. The summed E-state index contributed by atoms with van der Waals surface area (Å²) in [5.74, 6) is 0.838. The highest BCUT2D eigenvalue weighted by Gasteiger charge is 2.06. The van der Waals surface area contributed by atoms with E-state index < -0.39 is 0 Å². The normalized spacial score (nSPS) is 11.2. The Hall–Kier alpha value is -2.82. The van der Waals surface area contributed by atoms with E-state index in [0.29, 0.717) is 24.0 Å². The first-order valence-electron chi connectivity index (χ1n) is 6.26. The first-order valence-corrected chi connectivity index (χ1v) is 6.26. The molecule has 3 aromatic rings. The summed E-state index contributed by atoms with van der Waals surface area (Å²) < 4.78 is 7.41. The number of ether oxygens (including phenoxy) is 1. The Morgan fingerprint density at radius 1 is 1.25 bits per heavy atom. The molecule has 0 aliphatic rings. The van der Waals surface area contributed by atoms with Crippen LogP contribution in [0.3, 0.4) is 0 Å². The van der Waals surface area contributed by atoms with Gasteiger partial charge in [0.2, 0.25) is 5.65 Å². The maximum atomic E-state index is 5.72. The van der Waals surface area contributed by atoms with Crippen molar-refractivity contribution in [2.24, 2.45) is 0 Å². The van der Waals surface area contributed by atoms with Gasteiger partial charge in [-0.15, -0.1) is 0 Å². The van der Waals surface area contributed by atoms with Crippen molar-refractivity contribution in [1.82, 2.24) is 14.4 Å². The van der Waals surface area contributed by atoms with Crippen LogP contribution in [0.15, 0.2) is 55.0 Å². The molecule has 20 heavy (non-hydrogen) atoms. The smallest absolute Gasteiger partial charge is 0.260 e. The van der Waals surface area contributed by atoms with Gasteiger partial charge in [0.25, 0.3) is 5.88 Å². The van der Waals surface area contributed by atoms with Gasteiger partial charge in [-0.3, -0.25) is 4.40 Å². The maximum absolute atomic E-state index is 5.72. The molecule has 0 saturated carbocycles. The van der Waals surface area contributed by atoms with Crippen LogP contribution in [0.4, 0.5) is 5.82 Å². The third-order valence-electron chi connectivity index (χ3n) is 2.79. The Labute approximate surface area is 116 Å². The lowest BCUT2D eigenvalue weighted by Gasteiger charge is -2.05. The van der Waals surface area contributed by atoms with Crippen LogP contribution in [0.25, 0.3) is 11.7 Å². The van der Waals surface area contributed by atoms with Gasteiger partial charge in [-0.25, -0.2) is 4.98 Å². The highest BCUT2D eigenvalue weighted by atomic mass is 16.5. The zero-order valence-electron chi connectivity index (χ0n) is 10.8. The average molecular weight is 266 g/mol. The number of anilines is 1. The summed E-state index contributed by atoms with van der Waals surface area (Å²) in [5, 5.41) is 0. The largest absolute Gasteiger partial charge is 0.471 e. The number of nitrogens with zero attached hydrogens (tertiary/aromatic N) is 3. The van der Waals surface area contributed by atoms with Gasteiger partial charge < -0.3 is 10.5 Å². The molecule has 2 N–H and O–H groups in total. The van der Waals surface area contributed by atoms with Gasteiger partial charge in [-0.05, 0) is 11.6 Å². The number of rotatable bonds is 4. The number of nitrogens with two attached hydrogens (primary N) is 1. The fourth-order valence-corrected chi connectivity index (χ4v) is 1.89. The summed E-state index contributed by atoms with van der Waals surface area (Å²) in [6.07, 6.45) is 9.12. The summed E-state index contributed by atoms with van der Waals surface area (Å²) in [5.41, 5.74) is 7.51. The Bertz CT molecular complexity index is 734. The third kappa shape index (κ3) is 2.61. The monoisotopic (exact) mass is 266 g/mol. The van der Waals surface area contributed by atoms with E-state index in [-0.39, 0.29) is 0 Å². The van der Waals surface area contributed by atoms with Crippen molar-refractivity contribution >= 4 is 17.5 Å². The van der Waals surface area contributed by atoms with Crippen molar-refractivity contribution in [3.63, 3.8) is 0 Å². The van der Waals surface area contributed by atoms with Gasteiger partial charge in [-0.1, -0.05) is 36.4 Å². The van der Waals surface area contributed by atoms with Crippen molar-refractivity contribution in [2.45, 2.75) is 0 Å². The van der Waals surface area contributed by atoms with Crippen LogP contribution in [0.2, 0.25) is 0 Å². The van der Waals surface area contributed by atoms with Crippen LogP contribution in [0, 0.1) is 0 Å². The molecule has 0 fully saturated rings. The molecule has 0 amide bonds. The lowest BCUT2D eigenvalue weighted by Crippen LogP contribution is -2.02. The quantitative estimate of drug-likeness (QED) is 0.787. The van der Waals surface area contributed by atoms with Crippen molar-refractivity contribution in [3.8, 4) is 5.88 Å². The lowest BCUT2D eigenvalue weighted by atomic mass is 10.2. The van der Waals surface area contributed by atoms with Gasteiger partial charge in [-0.2, -0.15) is 4.98 Å². The van der Waals surface area contributed by atoms with Crippen LogP contribution in [-0.2, 0) is 0 Å². The fraction of sp³-hybridized carbons (Fsp3) is 0.0667. The van der Waals surface area contributed by atoms with Gasteiger partial charge in [0.05, 0.1) is 6.20 Å². The molecule has 0 atom stereocenters. The molecule has 100 valence electrons. The molecule has 3 rings (SSSR count). The Morgan fingerprint density at radius 3 is 2.95 bits per heavy atom. The van der Waals surface area contributed by atoms with Gasteiger partial charge in [0.15, 0.2) is 0 Å². The second kappa shape index (κ2) is 5.44. The minimum absolute atomic E-state index is 0.400. The number of nitrogen functional groups attached to an aromatic ring is 1. The molecule has 0 aliphatic heterocycles. The molecule has 5 nitrogen and oxygen atoms in total. The second-order valence-electron chi connectivity index (χ2n) is 4.25. The van der Waals surface area contributed by atoms with E-state index in [9.17, 15) is 0 Å². The van der Waals surface area contributed by atoms with Crippen LogP contribution >= 0.6 is 0 Å². The summed E-state index contributed by atoms with van der Waals surface area (Å²) in [6.45, 7) is 0.411. The average Bonchev–Trinajstić information content (AvgIpc) is 2.92. The number of benzene rings is 1. The summed E-state index contributed by atoms with van der Waals surface area (Å²) in [6, 6.07) is 10.0. The van der Waals surface area contributed by atoms with E-state index in [1.807, 2.05) is 42.5 Å². The number of imidazole rings is 1. The predicted molar refractivity (Wildman–Crippen MR) is 78.4 cm³/mol. The van der Waals surface area contributed by atoms with Gasteiger partial charge in [0.1, 0.15) is 12.4 Å². The van der Waals surface area contributed by atoms with Crippen LogP contribution in [0.5, 0.6) is 5.88 Å². The molecule has 0 saturated heterocycles. The Kier molecular flexibility index (Phi) is 3.33. The SMILES string of the molecule is Nc1cn2ccnc2c(OC/C=C/c2ccccc2)n1. The van der Waals surface area contributed by atoms with Crippen LogP contribution in [0.1, 0.15) is 5.56 Å². The van der Waals surface area contributed by atoms with Crippen LogP contribution < -0.4 is 10.5 Å². The van der Waals surface area contributed by atoms with E-state index in [1.54, 1.807) is 23.0 Å². The summed E-state index contributed by atoms with van der Waals surface area (Å²) in [7, 11) is 0. The summed E-state index contributed by atoms with van der Waals surface area (Å²) >= 11 is 0. The van der Waals surface area contributed by atoms with Gasteiger partial charge >= 0.3 is 0 Å². The molecule has 0 spiro atoms. The lowest BCUT2D eigenvalue weighted by molar-refractivity contribution is 0.352. The van der Waals surface area contributed by atoms with Crippen molar-refractivity contribution in [1.29, 1.82) is 0 Å². The Balaban J connectivity index is 1.71. The number of aromatic nitrogens is 3. The van der Waals surface area contributed by atoms with Crippen molar-refractivity contribution in [3.05, 3.63) is 60.6 Å². The van der Waals surface area contributed by atoms with E-state index in [0.717, 1.165) is 5.56 Å². The number of hydrogen-bond acceptors (Lipinski definition) is 4. The Morgan fingerprint density at radius 2 is 2.10 bits per heavy atom. The molecular formula is C15H14N4O. The molecule has 2 heterocycles. The van der Waals surface area contributed by atoms with E-state index >= 15 is 0 Å². The topological polar surface area (TPSA) is 65.4 Å². The van der Waals surface area contributed by atoms with Crippen LogP contribution in [-0.4, -0.2) is 21.0 Å². The molecule has 5 heteroatoms. The standard InChI is InChI=1S/C15H14N4O/c16-13-11-19-9-8-17-14(19)15(18-13)20-10-4-7-12-5-2-1-3-6-12/h1-9,11H,10,16H2/b7-4+. The van der Waals surface area contributed by atoms with E-state index in [1.165, 1.54) is 0 Å². The zero-order chi connectivity index (χ0) is 13.8. The third-order valence-corrected chi connectivity index (χ3v) is 2.79. The molecule has 0 aliphatic carbocycles. The predicted octanol–water partition coefficient (Wildman–Crippen LogP) is 2.40. The number of fused-ring (bicyclic) bond motifs is 1. The van der Waals surface area contributed by atoms with Crippen molar-refractivity contribution < 1.29 is 4.74 Å². The molecule has 2 aromatic heterocycles. The van der Waals surface area contributed by atoms with E-state index in [4.69, 9.17) is 10.5 Å². The van der Waals surface area contributed by atoms with Crippen molar-refractivity contribution in [2.75, 3.05) is 12.3 Å². The molecular weight excluding hydrogens is 252 g/mol. The van der Waals surface area contributed by atoms with Gasteiger partial charge in [0, 0.05) is 12.4 Å². The minimum Gasteiger partial charge on any atom is -0.471 e. The zero-order valence-corrected chi connectivity index (χ0v) is 10.8. The first kappa shape index (κ1) is 12.2. The highest BCUT2D eigenvalue weighted by Crippen LogP contribution is 2.16. The molecule has 0 unspecified atom stereocenters. The second-order valence-corrected chi connectivity index (χ2v) is 4.25. The first-order chi connectivity index (χ1) is 9.83. The fourth-order valence-electron chi connectivity index (χ4n) is 1.89. The minimum atomic E-state index is 0.400. The molecule has 1 aromatic carbocycles. The van der Waals surface area contributed by atoms with E-state index in [2.05, 4.69) is 9.97 Å². The maximum Gasteiger partial charge on any atom is 0.260 e. The molecule has 0 radical (unpaired) electrons. The highest BCUT2D eigenvalue weighted by molar-refractivity contribution is 5.53. The number of hydrogen-bond donors (Lipinski definition) is 1.